The molecule has 0 saturated carbocycles. The topological polar surface area (TPSA) is 17.8 Å². The summed E-state index contributed by atoms with van der Waals surface area (Å²) >= 11 is 6.91. The van der Waals surface area contributed by atoms with Crippen LogP contribution in [-0.4, -0.2) is 15.1 Å². The molecule has 0 fully saturated rings. The number of alkyl halides is 1. The molecule has 0 atom stereocenters. The van der Waals surface area contributed by atoms with E-state index in [0.717, 1.165) is 29.2 Å². The van der Waals surface area contributed by atoms with E-state index in [-0.39, 0.29) is 0 Å². The number of halogens is 2. The maximum absolute atomic E-state index is 4.24. The van der Waals surface area contributed by atoms with Gasteiger partial charge in [-0.3, -0.25) is 4.68 Å². The van der Waals surface area contributed by atoms with Gasteiger partial charge in [-0.25, -0.2) is 0 Å². The standard InChI is InChI=1S/C8H12Br2N2/c1-2-12-8(4-3-5-9)7(10)6-11-12/h6H,2-5H2,1H3. The van der Waals surface area contributed by atoms with E-state index < -0.39 is 0 Å². The summed E-state index contributed by atoms with van der Waals surface area (Å²) in [7, 11) is 0. The van der Waals surface area contributed by atoms with Gasteiger partial charge in [0.2, 0.25) is 0 Å². The molecule has 1 aromatic heterocycles. The Hall–Kier alpha value is 0.170. The lowest BCUT2D eigenvalue weighted by molar-refractivity contribution is 0.616. The van der Waals surface area contributed by atoms with E-state index in [0.29, 0.717) is 0 Å². The van der Waals surface area contributed by atoms with Gasteiger partial charge in [-0.05, 0) is 35.7 Å². The summed E-state index contributed by atoms with van der Waals surface area (Å²) in [6.07, 6.45) is 4.11. The quantitative estimate of drug-likeness (QED) is 0.781. The first-order valence-electron chi connectivity index (χ1n) is 4.05. The molecule has 0 saturated heterocycles. The summed E-state index contributed by atoms with van der Waals surface area (Å²) < 4.78 is 3.16. The first-order chi connectivity index (χ1) is 5.79. The SMILES string of the molecule is CCn1ncc(Br)c1CCCBr. The molecule has 0 unspecified atom stereocenters. The largest absolute Gasteiger partial charge is 0.269 e. The summed E-state index contributed by atoms with van der Waals surface area (Å²) in [5.74, 6) is 0. The molecular weight excluding hydrogens is 284 g/mol. The maximum atomic E-state index is 4.24. The predicted octanol–water partition coefficient (Wildman–Crippen LogP) is 2.99. The van der Waals surface area contributed by atoms with Gasteiger partial charge in [0.15, 0.2) is 0 Å². The third kappa shape index (κ3) is 2.33. The van der Waals surface area contributed by atoms with Crippen molar-refractivity contribution in [3.8, 4) is 0 Å². The van der Waals surface area contributed by atoms with Crippen molar-refractivity contribution in [1.29, 1.82) is 0 Å². The molecule has 2 nitrogen and oxygen atoms in total. The Morgan fingerprint density at radius 3 is 2.92 bits per heavy atom. The second-order valence-corrected chi connectivity index (χ2v) is 4.19. The van der Waals surface area contributed by atoms with Gasteiger partial charge in [0.25, 0.3) is 0 Å². The Bertz CT molecular complexity index is 245. The van der Waals surface area contributed by atoms with Crippen molar-refractivity contribution in [3.63, 3.8) is 0 Å². The van der Waals surface area contributed by atoms with Crippen LogP contribution in [0.25, 0.3) is 0 Å². The fourth-order valence-corrected chi connectivity index (χ4v) is 1.92. The third-order valence-electron chi connectivity index (χ3n) is 1.74. The van der Waals surface area contributed by atoms with Crippen LogP contribution in [0.1, 0.15) is 19.0 Å². The van der Waals surface area contributed by atoms with Crippen molar-refractivity contribution in [2.45, 2.75) is 26.3 Å². The molecule has 0 spiro atoms. The zero-order valence-corrected chi connectivity index (χ0v) is 10.2. The van der Waals surface area contributed by atoms with Gasteiger partial charge >= 0.3 is 0 Å². The second-order valence-electron chi connectivity index (χ2n) is 2.55. The Morgan fingerprint density at radius 2 is 2.33 bits per heavy atom. The summed E-state index contributed by atoms with van der Waals surface area (Å²) in [6, 6.07) is 0. The number of aryl methyl sites for hydroxylation is 1. The van der Waals surface area contributed by atoms with Crippen LogP contribution < -0.4 is 0 Å². The first-order valence-corrected chi connectivity index (χ1v) is 5.97. The number of hydrogen-bond acceptors (Lipinski definition) is 1. The monoisotopic (exact) mass is 294 g/mol. The van der Waals surface area contributed by atoms with Gasteiger partial charge in [-0.2, -0.15) is 5.10 Å². The van der Waals surface area contributed by atoms with E-state index >= 15 is 0 Å². The van der Waals surface area contributed by atoms with Crippen LogP contribution in [0.15, 0.2) is 10.7 Å². The van der Waals surface area contributed by atoms with Crippen LogP contribution in [0, 0.1) is 0 Å². The van der Waals surface area contributed by atoms with Gasteiger partial charge in [0.05, 0.1) is 16.4 Å². The summed E-state index contributed by atoms with van der Waals surface area (Å²) in [5.41, 5.74) is 1.30. The van der Waals surface area contributed by atoms with Crippen LogP contribution in [0.3, 0.4) is 0 Å². The fraction of sp³-hybridized carbons (Fsp3) is 0.625. The van der Waals surface area contributed by atoms with E-state index in [1.807, 2.05) is 10.9 Å². The molecule has 0 N–H and O–H groups in total. The van der Waals surface area contributed by atoms with Gasteiger partial charge in [-0.15, -0.1) is 0 Å². The highest BCUT2D eigenvalue weighted by Crippen LogP contribution is 2.17. The lowest BCUT2D eigenvalue weighted by Crippen LogP contribution is -2.03. The van der Waals surface area contributed by atoms with Crippen molar-refractivity contribution in [2.24, 2.45) is 0 Å². The molecule has 68 valence electrons. The predicted molar refractivity (Wildman–Crippen MR) is 57.7 cm³/mol. The molecule has 0 aliphatic rings. The summed E-state index contributed by atoms with van der Waals surface area (Å²) in [6.45, 7) is 3.06. The minimum absolute atomic E-state index is 0.948. The Labute approximate surface area is 89.6 Å². The van der Waals surface area contributed by atoms with E-state index in [4.69, 9.17) is 0 Å². The Morgan fingerprint density at radius 1 is 1.58 bits per heavy atom. The lowest BCUT2D eigenvalue weighted by Gasteiger charge is -2.03. The van der Waals surface area contributed by atoms with Crippen molar-refractivity contribution in [3.05, 3.63) is 16.4 Å². The van der Waals surface area contributed by atoms with Gasteiger partial charge < -0.3 is 0 Å². The minimum Gasteiger partial charge on any atom is -0.269 e. The fourth-order valence-electron chi connectivity index (χ4n) is 1.14. The second kappa shape index (κ2) is 5.02. The highest BCUT2D eigenvalue weighted by Gasteiger charge is 2.05. The van der Waals surface area contributed by atoms with Crippen LogP contribution >= 0.6 is 31.9 Å². The highest BCUT2D eigenvalue weighted by atomic mass is 79.9. The molecule has 0 amide bonds. The third-order valence-corrected chi connectivity index (χ3v) is 2.97. The normalized spacial score (nSPS) is 10.6. The number of aromatic nitrogens is 2. The van der Waals surface area contributed by atoms with Gasteiger partial charge in [0, 0.05) is 11.9 Å². The Kier molecular flexibility index (Phi) is 4.29. The van der Waals surface area contributed by atoms with Crippen molar-refractivity contribution < 1.29 is 0 Å². The number of hydrogen-bond donors (Lipinski definition) is 0. The van der Waals surface area contributed by atoms with E-state index in [1.165, 1.54) is 5.69 Å². The van der Waals surface area contributed by atoms with E-state index in [9.17, 15) is 0 Å². The van der Waals surface area contributed by atoms with Gasteiger partial charge in [0.1, 0.15) is 0 Å². The number of nitrogens with zero attached hydrogens (tertiary/aromatic N) is 2. The molecule has 0 aliphatic carbocycles. The maximum Gasteiger partial charge on any atom is 0.0635 e. The molecule has 0 aliphatic heterocycles. The molecule has 1 rings (SSSR count). The average molecular weight is 296 g/mol. The lowest BCUT2D eigenvalue weighted by atomic mass is 10.2. The van der Waals surface area contributed by atoms with Crippen LogP contribution in [0.2, 0.25) is 0 Å². The molecular formula is C8H12Br2N2. The zero-order valence-electron chi connectivity index (χ0n) is 7.06. The van der Waals surface area contributed by atoms with E-state index in [1.54, 1.807) is 0 Å². The number of rotatable bonds is 4. The molecule has 1 heterocycles. The van der Waals surface area contributed by atoms with E-state index in [2.05, 4.69) is 43.9 Å². The molecule has 12 heavy (non-hydrogen) atoms. The van der Waals surface area contributed by atoms with Crippen LogP contribution in [0.5, 0.6) is 0 Å². The smallest absolute Gasteiger partial charge is 0.0635 e. The average Bonchev–Trinajstić information content (AvgIpc) is 2.43. The first kappa shape index (κ1) is 10.3. The zero-order chi connectivity index (χ0) is 8.97. The van der Waals surface area contributed by atoms with Gasteiger partial charge in [-0.1, -0.05) is 15.9 Å². The summed E-state index contributed by atoms with van der Waals surface area (Å²) in [5, 5.41) is 5.29. The van der Waals surface area contributed by atoms with Crippen molar-refractivity contribution >= 4 is 31.9 Å². The molecule has 4 heteroatoms. The van der Waals surface area contributed by atoms with Crippen molar-refractivity contribution in [2.75, 3.05) is 5.33 Å². The molecule has 0 aromatic carbocycles. The Balaban J connectivity index is 2.72. The molecule has 1 aromatic rings. The highest BCUT2D eigenvalue weighted by molar-refractivity contribution is 9.10. The molecule has 0 radical (unpaired) electrons. The minimum atomic E-state index is 0.948. The van der Waals surface area contributed by atoms with Crippen LogP contribution in [-0.2, 0) is 13.0 Å². The van der Waals surface area contributed by atoms with Crippen LogP contribution in [0.4, 0.5) is 0 Å². The molecule has 0 bridgehead atoms. The summed E-state index contributed by atoms with van der Waals surface area (Å²) in [4.78, 5) is 0. The van der Waals surface area contributed by atoms with Crippen molar-refractivity contribution in [1.82, 2.24) is 9.78 Å².